The number of hydrogen-bond donors (Lipinski definition) is 1. The zero-order chi connectivity index (χ0) is 19.0. The molecule has 5 nitrogen and oxygen atoms in total. The first-order valence-corrected chi connectivity index (χ1v) is 11.4. The molecule has 0 aliphatic heterocycles. The van der Waals surface area contributed by atoms with E-state index in [1.54, 1.807) is 0 Å². The van der Waals surface area contributed by atoms with Crippen LogP contribution in [0.25, 0.3) is 0 Å². The highest BCUT2D eigenvalue weighted by Crippen LogP contribution is 2.60. The summed E-state index contributed by atoms with van der Waals surface area (Å²) in [4.78, 5) is 12.1. The highest BCUT2D eigenvalue weighted by molar-refractivity contribution is 7.99. The fraction of sp³-hybridized carbons (Fsp3) is 0.591. The van der Waals surface area contributed by atoms with Gasteiger partial charge in [-0.1, -0.05) is 42.1 Å². The van der Waals surface area contributed by atoms with Gasteiger partial charge in [0.15, 0.2) is 0 Å². The van der Waals surface area contributed by atoms with Crippen LogP contribution in [-0.4, -0.2) is 28.4 Å². The molecule has 4 aliphatic carbocycles. The summed E-state index contributed by atoms with van der Waals surface area (Å²) in [6.07, 6.45) is 8.68. The molecule has 148 valence electrons. The van der Waals surface area contributed by atoms with E-state index in [1.807, 2.05) is 18.2 Å². The summed E-state index contributed by atoms with van der Waals surface area (Å²) in [5.41, 5.74) is 1.35. The van der Waals surface area contributed by atoms with Crippen molar-refractivity contribution >= 4 is 17.7 Å². The minimum absolute atomic E-state index is 0.00971. The molecule has 1 N–H and O–H groups in total. The number of amides is 1. The van der Waals surface area contributed by atoms with E-state index in [0.717, 1.165) is 30.1 Å². The number of thioether (sulfide) groups is 1. The Morgan fingerprint density at radius 1 is 1.07 bits per heavy atom. The molecule has 1 amide bonds. The van der Waals surface area contributed by atoms with Gasteiger partial charge in [-0.15, -0.1) is 10.2 Å². The smallest absolute Gasteiger partial charge is 0.277 e. The first-order valence-electron chi connectivity index (χ1n) is 10.5. The molecule has 28 heavy (non-hydrogen) atoms. The highest BCUT2D eigenvalue weighted by atomic mass is 32.2. The molecule has 0 atom stereocenters. The monoisotopic (exact) mass is 397 g/mol. The van der Waals surface area contributed by atoms with Crippen LogP contribution in [0.4, 0.5) is 0 Å². The summed E-state index contributed by atoms with van der Waals surface area (Å²) < 4.78 is 6.05. The lowest BCUT2D eigenvalue weighted by atomic mass is 9.49. The molecular weight excluding hydrogens is 370 g/mol. The first kappa shape index (κ1) is 18.2. The number of carbonyl (C=O) groups is 1. The van der Waals surface area contributed by atoms with Crippen molar-refractivity contribution in [2.24, 2.45) is 17.8 Å². The van der Waals surface area contributed by atoms with Gasteiger partial charge in [-0.05, 0) is 68.3 Å². The summed E-state index contributed by atoms with van der Waals surface area (Å²) >= 11 is 1.35. The third-order valence-corrected chi connectivity index (χ3v) is 7.62. The summed E-state index contributed by atoms with van der Waals surface area (Å²) in [6.45, 7) is 0.645. The Kier molecular flexibility index (Phi) is 4.91. The molecule has 0 radical (unpaired) electrons. The van der Waals surface area contributed by atoms with E-state index in [1.165, 1.54) is 55.9 Å². The van der Waals surface area contributed by atoms with Crippen molar-refractivity contribution in [2.75, 3.05) is 12.3 Å². The van der Waals surface area contributed by atoms with Crippen molar-refractivity contribution in [3.63, 3.8) is 0 Å². The number of rotatable bonds is 7. The SMILES string of the molecule is O=C(CSc1nnc(C23CC4CC(CC(C4)C2)C3)o1)NCCc1ccccc1. The van der Waals surface area contributed by atoms with Crippen molar-refractivity contribution < 1.29 is 9.21 Å². The van der Waals surface area contributed by atoms with E-state index in [-0.39, 0.29) is 11.3 Å². The number of hydrogen-bond acceptors (Lipinski definition) is 5. The number of nitrogens with zero attached hydrogens (tertiary/aromatic N) is 2. The number of benzene rings is 1. The molecule has 1 aromatic heterocycles. The Hall–Kier alpha value is -1.82. The van der Waals surface area contributed by atoms with E-state index < -0.39 is 0 Å². The van der Waals surface area contributed by atoms with Crippen molar-refractivity contribution in [1.82, 2.24) is 15.5 Å². The van der Waals surface area contributed by atoms with E-state index in [0.29, 0.717) is 17.5 Å². The lowest BCUT2D eigenvalue weighted by molar-refractivity contribution is -0.118. The van der Waals surface area contributed by atoms with Crippen molar-refractivity contribution in [3.05, 3.63) is 41.8 Å². The third-order valence-electron chi connectivity index (χ3n) is 6.80. The Morgan fingerprint density at radius 2 is 1.75 bits per heavy atom. The van der Waals surface area contributed by atoms with Crippen molar-refractivity contribution in [3.8, 4) is 0 Å². The molecule has 0 spiro atoms. The topological polar surface area (TPSA) is 68.0 Å². The molecule has 4 aliphatic rings. The summed E-state index contributed by atoms with van der Waals surface area (Å²) in [5.74, 6) is 3.71. The maximum atomic E-state index is 12.1. The van der Waals surface area contributed by atoms with Gasteiger partial charge in [0, 0.05) is 12.0 Å². The number of nitrogens with one attached hydrogen (secondary N) is 1. The van der Waals surface area contributed by atoms with Gasteiger partial charge >= 0.3 is 0 Å². The Balaban J connectivity index is 1.13. The van der Waals surface area contributed by atoms with Gasteiger partial charge in [-0.2, -0.15) is 0 Å². The molecule has 2 aromatic rings. The van der Waals surface area contributed by atoms with E-state index in [9.17, 15) is 4.79 Å². The van der Waals surface area contributed by atoms with Crippen LogP contribution >= 0.6 is 11.8 Å². The van der Waals surface area contributed by atoms with E-state index >= 15 is 0 Å². The Morgan fingerprint density at radius 3 is 2.43 bits per heavy atom. The molecular formula is C22H27N3O2S. The molecule has 0 saturated heterocycles. The standard InChI is InChI=1S/C22H27N3O2S/c26-19(23-7-6-15-4-2-1-3-5-15)14-28-21-25-24-20(27-21)22-11-16-8-17(12-22)10-18(9-16)13-22/h1-5,16-18H,6-14H2,(H,23,26). The fourth-order valence-corrected chi connectivity index (χ4v) is 6.62. The molecule has 6 heteroatoms. The Bertz CT molecular complexity index is 800. The molecule has 0 unspecified atom stereocenters. The van der Waals surface area contributed by atoms with Crippen LogP contribution in [0.2, 0.25) is 0 Å². The average molecular weight is 398 g/mol. The number of carbonyl (C=O) groups excluding carboxylic acids is 1. The second-order valence-corrected chi connectivity index (χ2v) is 9.87. The van der Waals surface area contributed by atoms with Gasteiger partial charge in [0.25, 0.3) is 5.22 Å². The minimum atomic E-state index is 0.00971. The van der Waals surface area contributed by atoms with Crippen molar-refractivity contribution in [2.45, 2.75) is 55.6 Å². The van der Waals surface area contributed by atoms with E-state index in [2.05, 4.69) is 27.6 Å². The fourth-order valence-electron chi connectivity index (χ4n) is 6.02. The summed E-state index contributed by atoms with van der Waals surface area (Å²) in [7, 11) is 0. The molecule has 4 fully saturated rings. The molecule has 4 saturated carbocycles. The summed E-state index contributed by atoms with van der Waals surface area (Å²) in [6, 6.07) is 10.2. The summed E-state index contributed by atoms with van der Waals surface area (Å²) in [5, 5.41) is 12.2. The Labute approximate surface area is 170 Å². The highest BCUT2D eigenvalue weighted by Gasteiger charge is 2.54. The van der Waals surface area contributed by atoms with Gasteiger partial charge in [-0.25, -0.2) is 0 Å². The van der Waals surface area contributed by atoms with Crippen LogP contribution in [0.1, 0.15) is 50.0 Å². The first-order chi connectivity index (χ1) is 13.7. The van der Waals surface area contributed by atoms with Gasteiger partial charge in [0.2, 0.25) is 11.8 Å². The maximum Gasteiger partial charge on any atom is 0.277 e. The maximum absolute atomic E-state index is 12.1. The van der Waals surface area contributed by atoms with Gasteiger partial charge in [0.05, 0.1) is 5.75 Å². The van der Waals surface area contributed by atoms with Gasteiger partial charge < -0.3 is 9.73 Å². The van der Waals surface area contributed by atoms with Gasteiger partial charge in [0.1, 0.15) is 0 Å². The average Bonchev–Trinajstić information content (AvgIpc) is 3.16. The lowest BCUT2D eigenvalue weighted by Crippen LogP contribution is -2.48. The van der Waals surface area contributed by atoms with Crippen molar-refractivity contribution in [1.29, 1.82) is 0 Å². The second-order valence-electron chi connectivity index (χ2n) is 8.95. The number of aromatic nitrogens is 2. The third kappa shape index (κ3) is 3.71. The van der Waals surface area contributed by atoms with Crippen LogP contribution in [0, 0.1) is 17.8 Å². The van der Waals surface area contributed by atoms with Crippen LogP contribution in [0.3, 0.4) is 0 Å². The van der Waals surface area contributed by atoms with Gasteiger partial charge in [-0.3, -0.25) is 4.79 Å². The quantitative estimate of drug-likeness (QED) is 0.716. The largest absolute Gasteiger partial charge is 0.415 e. The van der Waals surface area contributed by atoms with Crippen LogP contribution in [-0.2, 0) is 16.6 Å². The molecule has 1 heterocycles. The predicted octanol–water partition coefficient (Wildman–Crippen LogP) is 3.99. The minimum Gasteiger partial charge on any atom is -0.415 e. The molecule has 6 rings (SSSR count). The zero-order valence-corrected chi connectivity index (χ0v) is 16.9. The van der Waals surface area contributed by atoms with E-state index in [4.69, 9.17) is 4.42 Å². The van der Waals surface area contributed by atoms with Crippen LogP contribution in [0.15, 0.2) is 40.0 Å². The van der Waals surface area contributed by atoms with Crippen LogP contribution < -0.4 is 5.32 Å². The molecule has 4 bridgehead atoms. The normalized spacial score (nSPS) is 30.5. The predicted molar refractivity (Wildman–Crippen MR) is 108 cm³/mol. The zero-order valence-electron chi connectivity index (χ0n) is 16.1. The second kappa shape index (κ2) is 7.54. The lowest BCUT2D eigenvalue weighted by Gasteiger charge is -2.55. The van der Waals surface area contributed by atoms with Crippen LogP contribution in [0.5, 0.6) is 0 Å². The molecule has 1 aromatic carbocycles.